The summed E-state index contributed by atoms with van der Waals surface area (Å²) in [7, 11) is 1.44. The third-order valence-corrected chi connectivity index (χ3v) is 8.01. The fourth-order valence-electron chi connectivity index (χ4n) is 5.48. The van der Waals surface area contributed by atoms with Gasteiger partial charge in [-0.15, -0.1) is 0 Å². The predicted molar refractivity (Wildman–Crippen MR) is 145 cm³/mol. The van der Waals surface area contributed by atoms with Crippen molar-refractivity contribution >= 4 is 34.5 Å². The summed E-state index contributed by atoms with van der Waals surface area (Å²) in [4.78, 5) is 74.2. The lowest BCUT2D eigenvalue weighted by Gasteiger charge is -2.21. The van der Waals surface area contributed by atoms with E-state index in [1.165, 1.54) is 37.3 Å². The first-order chi connectivity index (χ1) is 19.5. The van der Waals surface area contributed by atoms with Crippen molar-refractivity contribution in [2.24, 2.45) is 18.9 Å². The van der Waals surface area contributed by atoms with E-state index in [0.29, 0.717) is 30.3 Å². The molecule has 212 valence electrons. The van der Waals surface area contributed by atoms with Crippen LogP contribution in [0.15, 0.2) is 40.7 Å². The molecular formula is C26H27FN10O4. The number of Topliss-reactive ketones (excluding diaryl/α,β-unsaturated/α-hetero) is 1. The summed E-state index contributed by atoms with van der Waals surface area (Å²) in [6.07, 6.45) is 7.33. The van der Waals surface area contributed by atoms with E-state index in [9.17, 15) is 23.6 Å². The van der Waals surface area contributed by atoms with E-state index in [2.05, 4.69) is 30.2 Å². The summed E-state index contributed by atoms with van der Waals surface area (Å²) in [5.74, 6) is -0.00272. The summed E-state index contributed by atoms with van der Waals surface area (Å²) in [5, 5.41) is 2.69. The van der Waals surface area contributed by atoms with Crippen molar-refractivity contribution in [3.05, 3.63) is 52.0 Å². The lowest BCUT2D eigenvalue weighted by Crippen LogP contribution is -2.41. The number of nitrogens with zero attached hydrogens (tertiary/aromatic N) is 9. The summed E-state index contributed by atoms with van der Waals surface area (Å²) in [6, 6.07) is -0.932. The number of hydrogen-bond donors (Lipinski definition) is 1. The smallest absolute Gasteiger partial charge is 0.332 e. The number of nitrogens with one attached hydrogen (secondary N) is 1. The molecule has 1 amide bonds. The number of aromatic nitrogens is 8. The highest BCUT2D eigenvalue weighted by Gasteiger charge is 2.66. The Morgan fingerprint density at radius 1 is 1.10 bits per heavy atom. The number of ketones is 1. The molecule has 14 nitrogen and oxygen atoms in total. The molecule has 1 saturated carbocycles. The molecule has 1 N–H and O–H groups in total. The van der Waals surface area contributed by atoms with E-state index in [4.69, 9.17) is 0 Å². The van der Waals surface area contributed by atoms with Crippen molar-refractivity contribution < 1.29 is 14.0 Å². The molecule has 2 aliphatic rings. The first-order valence-corrected chi connectivity index (χ1v) is 13.0. The maximum absolute atomic E-state index is 14.2. The van der Waals surface area contributed by atoms with Crippen LogP contribution >= 0.6 is 0 Å². The molecule has 4 aromatic heterocycles. The van der Waals surface area contributed by atoms with Gasteiger partial charge < -0.3 is 14.8 Å². The number of aryl methyl sites for hydroxylation is 1. The first kappa shape index (κ1) is 26.4. The topological polar surface area (TPSA) is 163 Å². The molecule has 1 saturated heterocycles. The van der Waals surface area contributed by atoms with Gasteiger partial charge in [0.1, 0.15) is 34.7 Å². The van der Waals surface area contributed by atoms with Crippen molar-refractivity contribution in [2.45, 2.75) is 39.0 Å². The number of fused-ring (bicyclic) bond motifs is 2. The zero-order valence-electron chi connectivity index (χ0n) is 22.8. The number of carbonyl (C=O) groups is 2. The number of amides is 1. The molecule has 15 heteroatoms. The minimum absolute atomic E-state index is 0.0117. The average Bonchev–Trinajstić information content (AvgIpc) is 3.38. The molecule has 0 bridgehead atoms. The number of halogens is 1. The van der Waals surface area contributed by atoms with E-state index in [-0.39, 0.29) is 34.6 Å². The molecule has 2 fully saturated rings. The van der Waals surface area contributed by atoms with Gasteiger partial charge in [-0.2, -0.15) is 0 Å². The van der Waals surface area contributed by atoms with E-state index < -0.39 is 35.4 Å². The van der Waals surface area contributed by atoms with Crippen LogP contribution in [0, 0.1) is 11.8 Å². The molecule has 0 aromatic carbocycles. The minimum Gasteiger partial charge on any atom is -0.355 e. The number of anilines is 2. The zero-order valence-corrected chi connectivity index (χ0v) is 22.8. The number of hydrogen-bond acceptors (Lipinski definition) is 10. The average molecular weight is 563 g/mol. The van der Waals surface area contributed by atoms with Gasteiger partial charge in [-0.3, -0.25) is 28.5 Å². The van der Waals surface area contributed by atoms with Crippen LogP contribution < -0.4 is 21.5 Å². The second-order valence-electron chi connectivity index (χ2n) is 10.7. The maximum atomic E-state index is 14.2. The third kappa shape index (κ3) is 4.37. The second kappa shape index (κ2) is 9.38. The number of imidazole rings is 1. The Hall–Kier alpha value is -4.82. The van der Waals surface area contributed by atoms with Crippen molar-refractivity contribution in [3.63, 3.8) is 0 Å². The largest absolute Gasteiger partial charge is 0.355 e. The van der Waals surface area contributed by atoms with E-state index in [1.807, 2.05) is 4.90 Å². The minimum atomic E-state index is -1.08. The number of carbonyl (C=O) groups excluding carboxylic acids is 2. The number of alkyl halides is 1. The lowest BCUT2D eigenvalue weighted by molar-refractivity contribution is -0.119. The van der Waals surface area contributed by atoms with Gasteiger partial charge >= 0.3 is 5.69 Å². The van der Waals surface area contributed by atoms with Gasteiger partial charge in [0.15, 0.2) is 17.0 Å². The molecule has 5 heterocycles. The van der Waals surface area contributed by atoms with Crippen LogP contribution in [0.4, 0.5) is 16.0 Å². The molecule has 1 aliphatic carbocycles. The van der Waals surface area contributed by atoms with Gasteiger partial charge in [-0.25, -0.2) is 29.1 Å². The normalized spacial score (nSPS) is 22.0. The lowest BCUT2D eigenvalue weighted by atomic mass is 10.2. The molecule has 6 rings (SSSR count). The Labute approximate surface area is 231 Å². The molecule has 41 heavy (non-hydrogen) atoms. The Morgan fingerprint density at radius 3 is 2.49 bits per heavy atom. The summed E-state index contributed by atoms with van der Waals surface area (Å²) in [5.41, 5.74) is -1.56. The summed E-state index contributed by atoms with van der Waals surface area (Å²) in [6.45, 7) is 5.31. The van der Waals surface area contributed by atoms with Crippen LogP contribution in [0.3, 0.4) is 0 Å². The monoisotopic (exact) mass is 562 g/mol. The van der Waals surface area contributed by atoms with Gasteiger partial charge in [-0.1, -0.05) is 0 Å². The molecule has 0 spiro atoms. The fourth-order valence-corrected chi connectivity index (χ4v) is 5.48. The van der Waals surface area contributed by atoms with E-state index in [1.54, 1.807) is 26.2 Å². The summed E-state index contributed by atoms with van der Waals surface area (Å²) >= 11 is 0. The van der Waals surface area contributed by atoms with Gasteiger partial charge in [0.2, 0.25) is 5.91 Å². The first-order valence-electron chi connectivity index (χ1n) is 13.0. The fraction of sp³-hybridized carbons (Fsp3) is 0.423. The predicted octanol–water partition coefficient (Wildman–Crippen LogP) is 0.727. The van der Waals surface area contributed by atoms with Crippen LogP contribution in [0.5, 0.6) is 0 Å². The summed E-state index contributed by atoms with van der Waals surface area (Å²) < 4.78 is 17.5. The van der Waals surface area contributed by atoms with Crippen molar-refractivity contribution in [3.8, 4) is 11.4 Å². The quantitative estimate of drug-likeness (QED) is 0.340. The SMILES string of the molecule is CC(=O)Cn1c(=O)c2c(ncn2[C@@H](C)C(=O)Nc2cncc(-c3cnc(N4CC5C(C4)C5(C)F)cn3)n2)n(C)c1=O. The standard InChI is InChI=1S/C26H27FN10O4/c1-13(38)9-36-24(40)21-22(34(4)25(36)41)31-12-37(21)14(2)23(39)33-19-7-28-5-18(32-19)17-6-30-20(8-29-17)35-10-15-16(11-35)26(15,3)27/h5-8,12,14-16H,9-11H2,1-4H3,(H,32,33,39)/t14-,15?,16?,26?/m0/s1. The Kier molecular flexibility index (Phi) is 6.04. The highest BCUT2D eigenvalue weighted by Crippen LogP contribution is 2.58. The Bertz CT molecular complexity index is 1810. The van der Waals surface area contributed by atoms with Gasteiger partial charge in [0, 0.05) is 32.0 Å². The van der Waals surface area contributed by atoms with Crippen molar-refractivity contribution in [2.75, 3.05) is 23.3 Å². The van der Waals surface area contributed by atoms with Gasteiger partial charge in [0.05, 0.1) is 37.7 Å². The molecule has 1 aliphatic heterocycles. The Balaban J connectivity index is 1.20. The molecule has 0 radical (unpaired) electrons. The van der Waals surface area contributed by atoms with E-state index in [0.717, 1.165) is 9.13 Å². The van der Waals surface area contributed by atoms with Crippen LogP contribution in [0.2, 0.25) is 0 Å². The third-order valence-electron chi connectivity index (χ3n) is 8.01. The molecular weight excluding hydrogens is 535 g/mol. The maximum Gasteiger partial charge on any atom is 0.332 e. The highest BCUT2D eigenvalue weighted by atomic mass is 19.1. The molecule has 4 aromatic rings. The number of piperidine rings is 1. The Morgan fingerprint density at radius 2 is 1.83 bits per heavy atom. The van der Waals surface area contributed by atoms with Crippen LogP contribution in [0.1, 0.15) is 26.8 Å². The van der Waals surface area contributed by atoms with Crippen molar-refractivity contribution in [1.82, 2.24) is 38.6 Å². The van der Waals surface area contributed by atoms with E-state index >= 15 is 0 Å². The zero-order chi connectivity index (χ0) is 29.2. The van der Waals surface area contributed by atoms with Crippen LogP contribution in [-0.2, 0) is 23.2 Å². The van der Waals surface area contributed by atoms with Crippen molar-refractivity contribution in [1.29, 1.82) is 0 Å². The number of rotatable bonds is 7. The van der Waals surface area contributed by atoms with Gasteiger partial charge in [-0.05, 0) is 20.8 Å². The van der Waals surface area contributed by atoms with Gasteiger partial charge in [0.25, 0.3) is 5.56 Å². The molecule has 2 unspecified atom stereocenters. The second-order valence-corrected chi connectivity index (χ2v) is 10.7. The molecule has 3 atom stereocenters. The van der Waals surface area contributed by atoms with Crippen LogP contribution in [-0.4, -0.2) is 69.1 Å². The highest BCUT2D eigenvalue weighted by molar-refractivity contribution is 5.93. The van der Waals surface area contributed by atoms with Crippen LogP contribution in [0.25, 0.3) is 22.6 Å².